The Morgan fingerprint density at radius 2 is 1.89 bits per heavy atom. The first kappa shape index (κ1) is 19.8. The van der Waals surface area contributed by atoms with Crippen molar-refractivity contribution in [1.29, 1.82) is 0 Å². The van der Waals surface area contributed by atoms with E-state index in [0.29, 0.717) is 56.9 Å². The average molecular weight is 395 g/mol. The van der Waals surface area contributed by atoms with E-state index < -0.39 is 16.1 Å². The minimum absolute atomic E-state index is 0.121. The van der Waals surface area contributed by atoms with Crippen LogP contribution < -0.4 is 5.32 Å². The summed E-state index contributed by atoms with van der Waals surface area (Å²) in [7, 11) is -3.86. The normalized spacial score (nSPS) is 21.3. The molecule has 1 aromatic carbocycles. The Hall–Kier alpha value is -1.97. The van der Waals surface area contributed by atoms with Crippen molar-refractivity contribution in [3.63, 3.8) is 0 Å². The van der Waals surface area contributed by atoms with E-state index in [0.717, 1.165) is 0 Å². The van der Waals surface area contributed by atoms with Crippen LogP contribution in [0, 0.1) is 6.92 Å². The van der Waals surface area contributed by atoms with E-state index in [-0.39, 0.29) is 16.7 Å². The fraction of sp³-hybridized carbons (Fsp3) is 0.556. The van der Waals surface area contributed by atoms with Gasteiger partial charge in [-0.15, -0.1) is 0 Å². The molecule has 2 amide bonds. The van der Waals surface area contributed by atoms with Crippen molar-refractivity contribution in [3.8, 4) is 0 Å². The third-order valence-corrected chi connectivity index (χ3v) is 6.96. The topological polar surface area (TPSA) is 96.0 Å². The van der Waals surface area contributed by atoms with Crippen LogP contribution in [0.4, 0.5) is 5.69 Å². The summed E-state index contributed by atoms with van der Waals surface area (Å²) in [5.74, 6) is -0.432. The van der Waals surface area contributed by atoms with Crippen LogP contribution in [0.5, 0.6) is 0 Å². The number of carbonyl (C=O) groups is 2. The molecule has 0 spiro atoms. The molecule has 27 heavy (non-hydrogen) atoms. The maximum absolute atomic E-state index is 13.3. The Morgan fingerprint density at radius 1 is 1.19 bits per heavy atom. The molecule has 8 nitrogen and oxygen atoms in total. The second kappa shape index (κ2) is 7.95. The molecule has 2 aliphatic heterocycles. The van der Waals surface area contributed by atoms with Gasteiger partial charge in [0.25, 0.3) is 0 Å². The van der Waals surface area contributed by atoms with Crippen LogP contribution in [0.1, 0.15) is 25.3 Å². The lowest BCUT2D eigenvalue weighted by Crippen LogP contribution is -2.51. The predicted octanol–water partition coefficient (Wildman–Crippen LogP) is 0.965. The molecule has 0 saturated carbocycles. The quantitative estimate of drug-likeness (QED) is 0.819. The van der Waals surface area contributed by atoms with Gasteiger partial charge in [0, 0.05) is 32.2 Å². The van der Waals surface area contributed by atoms with Gasteiger partial charge in [-0.2, -0.15) is 4.31 Å². The zero-order chi connectivity index (χ0) is 19.6. The van der Waals surface area contributed by atoms with Crippen molar-refractivity contribution in [2.45, 2.75) is 37.6 Å². The largest absolute Gasteiger partial charge is 0.378 e. The molecule has 0 radical (unpaired) electrons. The molecule has 2 saturated heterocycles. The number of sulfonamides is 1. The number of rotatable bonds is 4. The van der Waals surface area contributed by atoms with E-state index >= 15 is 0 Å². The molecule has 1 aromatic rings. The summed E-state index contributed by atoms with van der Waals surface area (Å²) in [5, 5.41) is 2.61. The van der Waals surface area contributed by atoms with Gasteiger partial charge < -0.3 is 15.0 Å². The van der Waals surface area contributed by atoms with Crippen molar-refractivity contribution >= 4 is 27.5 Å². The maximum atomic E-state index is 13.3. The minimum Gasteiger partial charge on any atom is -0.378 e. The fourth-order valence-corrected chi connectivity index (χ4v) is 5.46. The Labute approximate surface area is 159 Å². The first-order valence-corrected chi connectivity index (χ1v) is 10.5. The molecule has 1 unspecified atom stereocenters. The highest BCUT2D eigenvalue weighted by Gasteiger charge is 2.41. The summed E-state index contributed by atoms with van der Waals surface area (Å²) < 4.78 is 33.2. The summed E-state index contributed by atoms with van der Waals surface area (Å²) in [4.78, 5) is 26.0. The van der Waals surface area contributed by atoms with E-state index in [2.05, 4.69) is 5.32 Å². The second-order valence-electron chi connectivity index (χ2n) is 6.87. The molecular weight excluding hydrogens is 370 g/mol. The van der Waals surface area contributed by atoms with Gasteiger partial charge in [-0.1, -0.05) is 6.07 Å². The van der Waals surface area contributed by atoms with Gasteiger partial charge in [0.15, 0.2) is 0 Å². The first-order chi connectivity index (χ1) is 12.8. The molecule has 1 atom stereocenters. The van der Waals surface area contributed by atoms with E-state index in [1.165, 1.54) is 17.3 Å². The number of anilines is 1. The molecule has 0 bridgehead atoms. The Kier molecular flexibility index (Phi) is 5.83. The van der Waals surface area contributed by atoms with Crippen molar-refractivity contribution in [2.75, 3.05) is 38.2 Å². The van der Waals surface area contributed by atoms with Gasteiger partial charge >= 0.3 is 0 Å². The van der Waals surface area contributed by atoms with E-state index in [1.54, 1.807) is 24.0 Å². The van der Waals surface area contributed by atoms with Crippen molar-refractivity contribution in [2.24, 2.45) is 0 Å². The molecule has 0 aromatic heterocycles. The number of morpholine rings is 1. The number of aryl methyl sites for hydroxylation is 1. The number of hydrogen-bond donors (Lipinski definition) is 1. The Morgan fingerprint density at radius 3 is 2.56 bits per heavy atom. The van der Waals surface area contributed by atoms with Gasteiger partial charge in [-0.25, -0.2) is 8.42 Å². The average Bonchev–Trinajstić information content (AvgIpc) is 3.13. The number of nitrogens with zero attached hydrogens (tertiary/aromatic N) is 2. The Bertz CT molecular complexity index is 833. The zero-order valence-corrected chi connectivity index (χ0v) is 16.4. The molecular formula is C18H25N3O5S. The number of benzene rings is 1. The first-order valence-electron chi connectivity index (χ1n) is 9.07. The van der Waals surface area contributed by atoms with Crippen molar-refractivity contribution < 1.29 is 22.7 Å². The minimum atomic E-state index is -3.86. The number of hydrogen-bond acceptors (Lipinski definition) is 5. The van der Waals surface area contributed by atoms with Crippen LogP contribution >= 0.6 is 0 Å². The van der Waals surface area contributed by atoms with E-state index in [4.69, 9.17) is 4.74 Å². The van der Waals surface area contributed by atoms with Gasteiger partial charge in [0.05, 0.1) is 18.1 Å². The zero-order valence-electron chi connectivity index (χ0n) is 15.6. The molecule has 2 aliphatic rings. The SMILES string of the molecule is CC(=O)Nc1ccc(C)c(S(=O)(=O)N2CCCC2C(=O)N2CCOCC2)c1. The lowest BCUT2D eigenvalue weighted by molar-refractivity contribution is -0.138. The molecule has 9 heteroatoms. The van der Waals surface area contributed by atoms with Crippen molar-refractivity contribution in [3.05, 3.63) is 23.8 Å². The van der Waals surface area contributed by atoms with Crippen LogP contribution in [-0.2, 0) is 24.3 Å². The highest BCUT2D eigenvalue weighted by Crippen LogP contribution is 2.30. The maximum Gasteiger partial charge on any atom is 0.244 e. The lowest BCUT2D eigenvalue weighted by atomic mass is 10.2. The van der Waals surface area contributed by atoms with Gasteiger partial charge in [-0.05, 0) is 37.5 Å². The molecule has 2 heterocycles. The van der Waals surface area contributed by atoms with E-state index in [9.17, 15) is 18.0 Å². The standard InChI is InChI=1S/C18H25N3O5S/c1-13-5-6-15(19-14(2)22)12-17(13)27(24,25)21-7-3-4-16(21)18(23)20-8-10-26-11-9-20/h5-6,12,16H,3-4,7-11H2,1-2H3,(H,19,22). The number of amides is 2. The summed E-state index contributed by atoms with van der Waals surface area (Å²) in [6.45, 7) is 5.31. The molecule has 148 valence electrons. The molecule has 1 N–H and O–H groups in total. The highest BCUT2D eigenvalue weighted by molar-refractivity contribution is 7.89. The fourth-order valence-electron chi connectivity index (χ4n) is 3.55. The monoisotopic (exact) mass is 395 g/mol. The lowest BCUT2D eigenvalue weighted by Gasteiger charge is -2.32. The molecule has 3 rings (SSSR count). The number of ether oxygens (including phenoxy) is 1. The van der Waals surface area contributed by atoms with Crippen LogP contribution in [0.3, 0.4) is 0 Å². The predicted molar refractivity (Wildman–Crippen MR) is 99.8 cm³/mol. The summed E-state index contributed by atoms with van der Waals surface area (Å²) >= 11 is 0. The number of carbonyl (C=O) groups excluding carboxylic acids is 2. The van der Waals surface area contributed by atoms with Crippen LogP contribution in [0.25, 0.3) is 0 Å². The van der Waals surface area contributed by atoms with Crippen LogP contribution in [0.15, 0.2) is 23.1 Å². The van der Waals surface area contributed by atoms with E-state index in [1.807, 2.05) is 0 Å². The van der Waals surface area contributed by atoms with Gasteiger partial charge in [0.1, 0.15) is 6.04 Å². The third-order valence-electron chi connectivity index (χ3n) is 4.91. The van der Waals surface area contributed by atoms with Crippen molar-refractivity contribution in [1.82, 2.24) is 9.21 Å². The second-order valence-corrected chi connectivity index (χ2v) is 8.73. The molecule has 2 fully saturated rings. The van der Waals surface area contributed by atoms with Crippen LogP contribution in [-0.4, -0.2) is 68.3 Å². The van der Waals surface area contributed by atoms with Crippen LogP contribution in [0.2, 0.25) is 0 Å². The third kappa shape index (κ3) is 4.15. The summed E-state index contributed by atoms with van der Waals surface area (Å²) in [6, 6.07) is 4.10. The summed E-state index contributed by atoms with van der Waals surface area (Å²) in [5.41, 5.74) is 0.996. The summed E-state index contributed by atoms with van der Waals surface area (Å²) in [6.07, 6.45) is 1.16. The smallest absolute Gasteiger partial charge is 0.244 e. The van der Waals surface area contributed by atoms with Gasteiger partial charge in [0.2, 0.25) is 21.8 Å². The number of nitrogens with one attached hydrogen (secondary N) is 1. The van der Waals surface area contributed by atoms with Gasteiger partial charge in [-0.3, -0.25) is 9.59 Å². The Balaban J connectivity index is 1.89. The highest BCUT2D eigenvalue weighted by atomic mass is 32.2. The molecule has 0 aliphatic carbocycles.